The Morgan fingerprint density at radius 1 is 1.15 bits per heavy atom. The molecule has 0 aliphatic carbocycles. The molecule has 0 amide bonds. The third kappa shape index (κ3) is 5.39. The van der Waals surface area contributed by atoms with E-state index in [1.807, 2.05) is 19.1 Å². The van der Waals surface area contributed by atoms with Crippen LogP contribution in [0, 0.1) is 0 Å². The minimum Gasteiger partial charge on any atom is -0.493 e. The molecule has 0 bridgehead atoms. The molecule has 0 spiro atoms. The summed E-state index contributed by atoms with van der Waals surface area (Å²) in [6.07, 6.45) is 2.26. The molecule has 0 aliphatic heterocycles. The van der Waals surface area contributed by atoms with Crippen LogP contribution < -0.4 is 14.8 Å². The van der Waals surface area contributed by atoms with Gasteiger partial charge in [0.2, 0.25) is 0 Å². The lowest BCUT2D eigenvalue weighted by Gasteiger charge is -2.18. The van der Waals surface area contributed by atoms with Crippen LogP contribution >= 0.6 is 0 Å². The number of rotatable bonds is 10. The largest absolute Gasteiger partial charge is 0.493 e. The molecule has 20 heavy (non-hydrogen) atoms. The first-order valence-corrected chi connectivity index (χ1v) is 7.27. The molecule has 1 atom stereocenters. The Labute approximate surface area is 122 Å². The molecule has 1 aromatic carbocycles. The molecule has 0 saturated heterocycles. The summed E-state index contributed by atoms with van der Waals surface area (Å²) in [5.74, 6) is 1.57. The highest BCUT2D eigenvalue weighted by Gasteiger charge is 2.09. The van der Waals surface area contributed by atoms with Gasteiger partial charge in [0.25, 0.3) is 0 Å². The third-order valence-electron chi connectivity index (χ3n) is 3.13. The molecular formula is C16H27NO3. The first-order chi connectivity index (χ1) is 9.74. The summed E-state index contributed by atoms with van der Waals surface area (Å²) in [4.78, 5) is 0. The molecule has 1 aromatic rings. The Kier molecular flexibility index (Phi) is 8.07. The maximum Gasteiger partial charge on any atom is 0.161 e. The number of methoxy groups -OCH3 is 2. The average molecular weight is 281 g/mol. The summed E-state index contributed by atoms with van der Waals surface area (Å²) in [6.45, 7) is 6.33. The molecule has 0 radical (unpaired) electrons. The molecule has 0 saturated carbocycles. The van der Waals surface area contributed by atoms with Gasteiger partial charge in [-0.15, -0.1) is 0 Å². The van der Waals surface area contributed by atoms with Crippen molar-refractivity contribution in [1.82, 2.24) is 5.32 Å². The highest BCUT2D eigenvalue weighted by Crippen LogP contribution is 2.28. The molecule has 0 heterocycles. The second-order valence-electron chi connectivity index (χ2n) is 4.74. The van der Waals surface area contributed by atoms with E-state index in [9.17, 15) is 0 Å². The van der Waals surface area contributed by atoms with E-state index in [2.05, 4.69) is 18.3 Å². The van der Waals surface area contributed by atoms with Gasteiger partial charge in [0.15, 0.2) is 11.5 Å². The zero-order valence-electron chi connectivity index (χ0n) is 13.1. The number of nitrogens with one attached hydrogen (secondary N) is 1. The number of hydrogen-bond acceptors (Lipinski definition) is 4. The van der Waals surface area contributed by atoms with Crippen molar-refractivity contribution in [3.05, 3.63) is 23.8 Å². The van der Waals surface area contributed by atoms with Gasteiger partial charge in [-0.05, 0) is 31.0 Å². The summed E-state index contributed by atoms with van der Waals surface area (Å²) in [6, 6.07) is 6.44. The smallest absolute Gasteiger partial charge is 0.161 e. The molecule has 1 rings (SSSR count). The Hall–Kier alpha value is -1.26. The van der Waals surface area contributed by atoms with E-state index in [0.29, 0.717) is 12.6 Å². The SMILES string of the molecule is CCCC(COC)NCc1ccc(OCC)c(OC)c1. The van der Waals surface area contributed by atoms with Crippen molar-refractivity contribution in [2.75, 3.05) is 27.4 Å². The first kappa shape index (κ1) is 16.8. The van der Waals surface area contributed by atoms with E-state index in [1.165, 1.54) is 5.56 Å². The van der Waals surface area contributed by atoms with Crippen molar-refractivity contribution in [2.45, 2.75) is 39.3 Å². The van der Waals surface area contributed by atoms with Crippen LogP contribution in [-0.2, 0) is 11.3 Å². The highest BCUT2D eigenvalue weighted by atomic mass is 16.5. The second-order valence-corrected chi connectivity index (χ2v) is 4.74. The van der Waals surface area contributed by atoms with E-state index in [-0.39, 0.29) is 0 Å². The average Bonchev–Trinajstić information content (AvgIpc) is 2.46. The second kappa shape index (κ2) is 9.61. The van der Waals surface area contributed by atoms with Crippen LogP contribution in [0.25, 0.3) is 0 Å². The zero-order chi connectivity index (χ0) is 14.8. The van der Waals surface area contributed by atoms with E-state index in [0.717, 1.165) is 37.5 Å². The molecular weight excluding hydrogens is 254 g/mol. The van der Waals surface area contributed by atoms with Gasteiger partial charge in [0.05, 0.1) is 20.3 Å². The molecule has 0 aromatic heterocycles. The molecule has 4 nitrogen and oxygen atoms in total. The number of ether oxygens (including phenoxy) is 3. The number of benzene rings is 1. The summed E-state index contributed by atoms with van der Waals surface area (Å²) in [5, 5.41) is 3.52. The van der Waals surface area contributed by atoms with Crippen molar-refractivity contribution in [1.29, 1.82) is 0 Å². The Bertz CT molecular complexity index is 376. The standard InChI is InChI=1S/C16H27NO3/c1-5-7-14(12-18-3)17-11-13-8-9-15(20-6-2)16(10-13)19-4/h8-10,14,17H,5-7,11-12H2,1-4H3. The maximum atomic E-state index is 5.52. The fourth-order valence-corrected chi connectivity index (χ4v) is 2.15. The lowest BCUT2D eigenvalue weighted by molar-refractivity contribution is 0.161. The van der Waals surface area contributed by atoms with Gasteiger partial charge in [-0.1, -0.05) is 19.4 Å². The summed E-state index contributed by atoms with van der Waals surface area (Å²) < 4.78 is 16.1. The lowest BCUT2D eigenvalue weighted by Crippen LogP contribution is -2.32. The van der Waals surface area contributed by atoms with Crippen molar-refractivity contribution in [2.24, 2.45) is 0 Å². The van der Waals surface area contributed by atoms with Crippen molar-refractivity contribution < 1.29 is 14.2 Å². The Balaban J connectivity index is 2.62. The Morgan fingerprint density at radius 3 is 2.55 bits per heavy atom. The van der Waals surface area contributed by atoms with Crippen LogP contribution in [0.1, 0.15) is 32.3 Å². The molecule has 0 aliphatic rings. The van der Waals surface area contributed by atoms with E-state index in [1.54, 1.807) is 14.2 Å². The Morgan fingerprint density at radius 2 is 1.95 bits per heavy atom. The fraction of sp³-hybridized carbons (Fsp3) is 0.625. The summed E-state index contributed by atoms with van der Waals surface area (Å²) in [7, 11) is 3.41. The predicted molar refractivity (Wildman–Crippen MR) is 81.6 cm³/mol. The molecule has 1 N–H and O–H groups in total. The van der Waals surface area contributed by atoms with Crippen LogP contribution in [-0.4, -0.2) is 33.5 Å². The van der Waals surface area contributed by atoms with Crippen LogP contribution in [0.4, 0.5) is 0 Å². The van der Waals surface area contributed by atoms with Gasteiger partial charge in [-0.2, -0.15) is 0 Å². The highest BCUT2D eigenvalue weighted by molar-refractivity contribution is 5.42. The van der Waals surface area contributed by atoms with Gasteiger partial charge in [0.1, 0.15) is 0 Å². The van der Waals surface area contributed by atoms with Gasteiger partial charge < -0.3 is 19.5 Å². The van der Waals surface area contributed by atoms with E-state index >= 15 is 0 Å². The van der Waals surface area contributed by atoms with Crippen molar-refractivity contribution >= 4 is 0 Å². The van der Waals surface area contributed by atoms with Crippen molar-refractivity contribution in [3.8, 4) is 11.5 Å². The monoisotopic (exact) mass is 281 g/mol. The van der Waals surface area contributed by atoms with Crippen LogP contribution in [0.15, 0.2) is 18.2 Å². The first-order valence-electron chi connectivity index (χ1n) is 7.27. The maximum absolute atomic E-state index is 5.52. The normalized spacial score (nSPS) is 12.2. The van der Waals surface area contributed by atoms with Gasteiger partial charge >= 0.3 is 0 Å². The quantitative estimate of drug-likeness (QED) is 0.715. The van der Waals surface area contributed by atoms with E-state index in [4.69, 9.17) is 14.2 Å². The summed E-state index contributed by atoms with van der Waals surface area (Å²) in [5.41, 5.74) is 1.18. The molecule has 114 valence electrons. The third-order valence-corrected chi connectivity index (χ3v) is 3.13. The van der Waals surface area contributed by atoms with Crippen LogP contribution in [0.3, 0.4) is 0 Å². The van der Waals surface area contributed by atoms with Gasteiger partial charge in [0, 0.05) is 19.7 Å². The molecule has 0 fully saturated rings. The van der Waals surface area contributed by atoms with Gasteiger partial charge in [-0.3, -0.25) is 0 Å². The zero-order valence-corrected chi connectivity index (χ0v) is 13.1. The molecule has 1 unspecified atom stereocenters. The topological polar surface area (TPSA) is 39.7 Å². The van der Waals surface area contributed by atoms with E-state index < -0.39 is 0 Å². The minimum absolute atomic E-state index is 0.391. The van der Waals surface area contributed by atoms with Crippen LogP contribution in [0.2, 0.25) is 0 Å². The number of hydrogen-bond donors (Lipinski definition) is 1. The van der Waals surface area contributed by atoms with Gasteiger partial charge in [-0.25, -0.2) is 0 Å². The molecule has 4 heteroatoms. The lowest BCUT2D eigenvalue weighted by atomic mass is 10.1. The minimum atomic E-state index is 0.391. The van der Waals surface area contributed by atoms with Crippen LogP contribution in [0.5, 0.6) is 11.5 Å². The van der Waals surface area contributed by atoms with Crippen molar-refractivity contribution in [3.63, 3.8) is 0 Å². The predicted octanol–water partition coefficient (Wildman–Crippen LogP) is 3.00. The summed E-state index contributed by atoms with van der Waals surface area (Å²) >= 11 is 0. The fourth-order valence-electron chi connectivity index (χ4n) is 2.15.